The summed E-state index contributed by atoms with van der Waals surface area (Å²) >= 11 is 0. The van der Waals surface area contributed by atoms with Gasteiger partial charge in [-0.05, 0) is 30.2 Å². The van der Waals surface area contributed by atoms with Gasteiger partial charge in [-0.2, -0.15) is 0 Å². The van der Waals surface area contributed by atoms with Crippen LogP contribution in [0.25, 0.3) is 0 Å². The Balaban J connectivity index is 1.57. The molecule has 1 atom stereocenters. The lowest BCUT2D eigenvalue weighted by molar-refractivity contribution is -0.134. The molecule has 1 aliphatic rings. The Morgan fingerprint density at radius 1 is 1.29 bits per heavy atom. The number of pyridine rings is 1. The highest BCUT2D eigenvalue weighted by Crippen LogP contribution is 2.21. The summed E-state index contributed by atoms with van der Waals surface area (Å²) in [6, 6.07) is 11.1. The van der Waals surface area contributed by atoms with Gasteiger partial charge in [0.25, 0.3) is 0 Å². The van der Waals surface area contributed by atoms with Crippen LogP contribution >= 0.6 is 0 Å². The van der Waals surface area contributed by atoms with Crippen LogP contribution in [0, 0.1) is 0 Å². The average molecular weight is 382 g/mol. The van der Waals surface area contributed by atoms with Crippen LogP contribution in [-0.2, 0) is 22.6 Å². The fourth-order valence-electron chi connectivity index (χ4n) is 3.37. The van der Waals surface area contributed by atoms with Crippen molar-refractivity contribution >= 4 is 11.8 Å². The van der Waals surface area contributed by atoms with Gasteiger partial charge in [-0.25, -0.2) is 0 Å². The smallest absolute Gasteiger partial charge is 0.237 e. The Kier molecular flexibility index (Phi) is 6.97. The first kappa shape index (κ1) is 19.8. The molecule has 7 heteroatoms. The van der Waals surface area contributed by atoms with Gasteiger partial charge < -0.3 is 15.4 Å². The monoisotopic (exact) mass is 382 g/mol. The Hall–Kier alpha value is -2.93. The average Bonchev–Trinajstić information content (AvgIpc) is 2.72. The number of amides is 2. The summed E-state index contributed by atoms with van der Waals surface area (Å²) in [6.45, 7) is 2.36. The summed E-state index contributed by atoms with van der Waals surface area (Å²) < 4.78 is 5.41. The molecule has 1 saturated heterocycles. The Labute approximate surface area is 165 Å². The number of hydrogen-bond donors (Lipinski definition) is 2. The van der Waals surface area contributed by atoms with Crippen molar-refractivity contribution in [1.29, 1.82) is 0 Å². The van der Waals surface area contributed by atoms with Crippen LogP contribution in [0.5, 0.6) is 5.75 Å². The zero-order valence-electron chi connectivity index (χ0n) is 16.1. The second-order valence-corrected chi connectivity index (χ2v) is 6.75. The fourth-order valence-corrected chi connectivity index (χ4v) is 3.37. The van der Waals surface area contributed by atoms with Gasteiger partial charge >= 0.3 is 0 Å². The lowest BCUT2D eigenvalue weighted by Gasteiger charge is -2.35. The van der Waals surface area contributed by atoms with Crippen molar-refractivity contribution in [2.24, 2.45) is 0 Å². The van der Waals surface area contributed by atoms with Gasteiger partial charge in [-0.15, -0.1) is 0 Å². The van der Waals surface area contributed by atoms with Crippen molar-refractivity contribution in [3.05, 3.63) is 59.9 Å². The molecule has 1 aliphatic heterocycles. The van der Waals surface area contributed by atoms with Crippen molar-refractivity contribution in [2.75, 3.05) is 26.7 Å². The van der Waals surface area contributed by atoms with Gasteiger partial charge in [0.2, 0.25) is 11.8 Å². The summed E-state index contributed by atoms with van der Waals surface area (Å²) in [6.07, 6.45) is 4.34. The number of hydrogen-bond acceptors (Lipinski definition) is 5. The Morgan fingerprint density at radius 3 is 2.86 bits per heavy atom. The van der Waals surface area contributed by atoms with Crippen molar-refractivity contribution in [2.45, 2.75) is 25.4 Å². The van der Waals surface area contributed by atoms with E-state index in [9.17, 15) is 9.59 Å². The summed E-state index contributed by atoms with van der Waals surface area (Å²) in [4.78, 5) is 30.8. The zero-order chi connectivity index (χ0) is 19.8. The molecule has 28 heavy (non-hydrogen) atoms. The molecule has 7 nitrogen and oxygen atoms in total. The molecule has 0 spiro atoms. The van der Waals surface area contributed by atoms with Gasteiger partial charge in [0.05, 0.1) is 19.6 Å². The van der Waals surface area contributed by atoms with E-state index in [-0.39, 0.29) is 18.2 Å². The topological polar surface area (TPSA) is 83.6 Å². The van der Waals surface area contributed by atoms with E-state index in [2.05, 4.69) is 15.6 Å². The number of carbonyl (C=O) groups is 2. The van der Waals surface area contributed by atoms with Gasteiger partial charge in [0, 0.05) is 44.1 Å². The second-order valence-electron chi connectivity index (χ2n) is 6.75. The van der Waals surface area contributed by atoms with Crippen LogP contribution in [-0.4, -0.2) is 54.5 Å². The first-order chi connectivity index (χ1) is 13.7. The maximum Gasteiger partial charge on any atom is 0.237 e. The molecule has 1 fully saturated rings. The van der Waals surface area contributed by atoms with Gasteiger partial charge in [-0.1, -0.05) is 18.2 Å². The largest absolute Gasteiger partial charge is 0.496 e. The van der Waals surface area contributed by atoms with Crippen LogP contribution in [0.15, 0.2) is 48.8 Å². The van der Waals surface area contributed by atoms with Crippen molar-refractivity contribution in [1.82, 2.24) is 20.5 Å². The number of para-hydroxylation sites is 1. The summed E-state index contributed by atoms with van der Waals surface area (Å²) in [5, 5.41) is 5.78. The number of benzene rings is 1. The summed E-state index contributed by atoms with van der Waals surface area (Å²) in [7, 11) is 1.63. The highest BCUT2D eigenvalue weighted by atomic mass is 16.5. The molecule has 2 N–H and O–H groups in total. The number of piperazine rings is 1. The van der Waals surface area contributed by atoms with Crippen LogP contribution in [0.4, 0.5) is 0 Å². The van der Waals surface area contributed by atoms with E-state index in [0.29, 0.717) is 26.2 Å². The first-order valence-corrected chi connectivity index (χ1v) is 9.46. The SMILES string of the molecule is COc1ccccc1CN1CCNC(=O)[C@H]1CC(=O)NCCc1ccncc1. The van der Waals surface area contributed by atoms with E-state index in [1.54, 1.807) is 19.5 Å². The Morgan fingerprint density at radius 2 is 2.07 bits per heavy atom. The van der Waals surface area contributed by atoms with Gasteiger partial charge in [0.1, 0.15) is 5.75 Å². The van der Waals surface area contributed by atoms with Crippen LogP contribution < -0.4 is 15.4 Å². The number of carbonyl (C=O) groups excluding carboxylic acids is 2. The quantitative estimate of drug-likeness (QED) is 0.715. The number of ether oxygens (including phenoxy) is 1. The highest BCUT2D eigenvalue weighted by molar-refractivity contribution is 5.88. The van der Waals surface area contributed by atoms with Gasteiger partial charge in [-0.3, -0.25) is 19.5 Å². The molecule has 1 aromatic heterocycles. The number of rotatable bonds is 8. The number of nitrogens with zero attached hydrogens (tertiary/aromatic N) is 2. The lowest BCUT2D eigenvalue weighted by atomic mass is 10.1. The van der Waals surface area contributed by atoms with Crippen LogP contribution in [0.3, 0.4) is 0 Å². The molecule has 0 radical (unpaired) electrons. The molecule has 3 rings (SSSR count). The minimum atomic E-state index is -0.486. The number of methoxy groups -OCH3 is 1. The molecule has 0 saturated carbocycles. The first-order valence-electron chi connectivity index (χ1n) is 9.46. The highest BCUT2D eigenvalue weighted by Gasteiger charge is 2.31. The molecule has 148 valence electrons. The molecular weight excluding hydrogens is 356 g/mol. The summed E-state index contributed by atoms with van der Waals surface area (Å²) in [5.41, 5.74) is 2.12. The molecular formula is C21H26N4O3. The maximum atomic E-state index is 12.4. The molecule has 2 amide bonds. The van der Waals surface area contributed by atoms with Crippen LogP contribution in [0.1, 0.15) is 17.5 Å². The fraction of sp³-hybridized carbons (Fsp3) is 0.381. The molecule has 2 aromatic rings. The van der Waals surface area contributed by atoms with E-state index in [4.69, 9.17) is 4.74 Å². The van der Waals surface area contributed by atoms with Crippen molar-refractivity contribution < 1.29 is 14.3 Å². The molecule has 1 aromatic carbocycles. The molecule has 0 bridgehead atoms. The van der Waals surface area contributed by atoms with E-state index >= 15 is 0 Å². The zero-order valence-corrected chi connectivity index (χ0v) is 16.1. The minimum absolute atomic E-state index is 0.106. The van der Waals surface area contributed by atoms with Crippen LogP contribution in [0.2, 0.25) is 0 Å². The number of nitrogens with one attached hydrogen (secondary N) is 2. The maximum absolute atomic E-state index is 12.4. The third-order valence-electron chi connectivity index (χ3n) is 4.87. The molecule has 2 heterocycles. The van der Waals surface area contributed by atoms with E-state index in [0.717, 1.165) is 23.3 Å². The predicted molar refractivity (Wildman–Crippen MR) is 106 cm³/mol. The van der Waals surface area contributed by atoms with E-state index in [1.807, 2.05) is 41.3 Å². The third kappa shape index (κ3) is 5.29. The second kappa shape index (κ2) is 9.85. The van der Waals surface area contributed by atoms with Crippen molar-refractivity contribution in [3.63, 3.8) is 0 Å². The summed E-state index contributed by atoms with van der Waals surface area (Å²) in [5.74, 6) is 0.556. The molecule has 0 unspecified atom stereocenters. The normalized spacial score (nSPS) is 17.0. The minimum Gasteiger partial charge on any atom is -0.496 e. The lowest BCUT2D eigenvalue weighted by Crippen LogP contribution is -2.56. The number of aromatic nitrogens is 1. The third-order valence-corrected chi connectivity index (χ3v) is 4.87. The molecule has 0 aliphatic carbocycles. The standard InChI is InChI=1S/C21H26N4O3/c1-28-19-5-3-2-4-17(19)15-25-13-12-24-21(27)18(25)14-20(26)23-11-8-16-6-9-22-10-7-16/h2-7,9-10,18H,8,11-15H2,1H3,(H,23,26)(H,24,27)/t18-/m1/s1. The van der Waals surface area contributed by atoms with E-state index < -0.39 is 6.04 Å². The predicted octanol–water partition coefficient (Wildman–Crippen LogP) is 1.14. The Bertz CT molecular complexity index is 797. The van der Waals surface area contributed by atoms with Crippen molar-refractivity contribution in [3.8, 4) is 5.75 Å². The van der Waals surface area contributed by atoms with E-state index in [1.165, 1.54) is 0 Å². The van der Waals surface area contributed by atoms with Gasteiger partial charge in [0.15, 0.2) is 0 Å².